The SMILES string of the molecule is Cc1cc(C)c(N=Cc2ccc(C=Nc3c(C)cc(C)cc3C)[n-]2)c(C)c1.[Cl][Fe+][Cl]. The molecule has 0 radical (unpaired) electrons. The van der Waals surface area contributed by atoms with E-state index in [0.29, 0.717) is 0 Å². The molecular formula is C24H26Cl2FeN3. The van der Waals surface area contributed by atoms with Crippen LogP contribution in [0.1, 0.15) is 44.8 Å². The molecule has 159 valence electrons. The molecule has 3 aromatic rings. The van der Waals surface area contributed by atoms with Gasteiger partial charge >= 0.3 is 33.3 Å². The number of rotatable bonds is 4. The summed E-state index contributed by atoms with van der Waals surface area (Å²) in [4.78, 5) is 13.9. The van der Waals surface area contributed by atoms with Crippen LogP contribution in [-0.2, 0) is 13.1 Å². The van der Waals surface area contributed by atoms with Crippen molar-refractivity contribution in [1.82, 2.24) is 4.98 Å². The van der Waals surface area contributed by atoms with Crippen molar-refractivity contribution >= 4 is 44.0 Å². The van der Waals surface area contributed by atoms with Gasteiger partial charge in [0.15, 0.2) is 0 Å². The number of nitrogens with zero attached hydrogens (tertiary/aromatic N) is 3. The monoisotopic (exact) mass is 482 g/mol. The predicted octanol–water partition coefficient (Wildman–Crippen LogP) is 7.37. The second-order valence-electron chi connectivity index (χ2n) is 7.36. The molecule has 0 atom stereocenters. The number of benzene rings is 2. The number of hydrogen-bond donors (Lipinski definition) is 0. The Hall–Kier alpha value is -1.84. The molecule has 6 heteroatoms. The Labute approximate surface area is 194 Å². The fourth-order valence-electron chi connectivity index (χ4n) is 3.55. The van der Waals surface area contributed by atoms with Gasteiger partial charge in [-0.05, 0) is 63.8 Å². The summed E-state index contributed by atoms with van der Waals surface area (Å²) in [5.74, 6) is 0. The summed E-state index contributed by atoms with van der Waals surface area (Å²) in [6.07, 6.45) is 3.65. The molecule has 30 heavy (non-hydrogen) atoms. The van der Waals surface area contributed by atoms with Gasteiger partial charge in [0.25, 0.3) is 0 Å². The second-order valence-corrected chi connectivity index (χ2v) is 9.18. The van der Waals surface area contributed by atoms with E-state index in [1.807, 2.05) is 24.6 Å². The molecule has 0 aliphatic carbocycles. The van der Waals surface area contributed by atoms with Gasteiger partial charge in [-0.3, -0.25) is 9.98 Å². The van der Waals surface area contributed by atoms with E-state index in [2.05, 4.69) is 80.8 Å². The Kier molecular flexibility index (Phi) is 9.38. The average Bonchev–Trinajstić information content (AvgIpc) is 3.08. The van der Waals surface area contributed by atoms with Crippen molar-refractivity contribution in [2.75, 3.05) is 0 Å². The third-order valence-corrected chi connectivity index (χ3v) is 4.61. The average molecular weight is 483 g/mol. The van der Waals surface area contributed by atoms with E-state index in [1.165, 1.54) is 33.4 Å². The Morgan fingerprint density at radius 2 is 0.967 bits per heavy atom. The van der Waals surface area contributed by atoms with Gasteiger partial charge in [0.2, 0.25) is 0 Å². The topological polar surface area (TPSA) is 38.8 Å². The maximum atomic E-state index is 4.76. The Balaban J connectivity index is 0.00000101. The van der Waals surface area contributed by atoms with Crippen LogP contribution in [0.2, 0.25) is 0 Å². The molecule has 3 nitrogen and oxygen atoms in total. The standard InChI is InChI=1S/C24H26N3.2ClH.Fe/c1-15-9-17(3)23(18(4)10-15)25-13-21-7-8-22(27-21)14-26-24-19(5)11-16(2)12-20(24)6;;;/h7-14H,1-6H3;2*1H;/q-1;;;+3/p-2. The Morgan fingerprint density at radius 1 is 0.667 bits per heavy atom. The van der Waals surface area contributed by atoms with Crippen LogP contribution in [0.4, 0.5) is 11.4 Å². The van der Waals surface area contributed by atoms with E-state index in [4.69, 9.17) is 20.2 Å². The first-order valence-electron chi connectivity index (χ1n) is 9.48. The summed E-state index contributed by atoms with van der Waals surface area (Å²) < 4.78 is 0. The number of aromatic nitrogens is 1. The summed E-state index contributed by atoms with van der Waals surface area (Å²) in [6, 6.07) is 12.6. The number of aryl methyl sites for hydroxylation is 6. The molecule has 0 saturated heterocycles. The third kappa shape index (κ3) is 6.85. The quantitative estimate of drug-likeness (QED) is 0.282. The zero-order valence-electron chi connectivity index (χ0n) is 18.1. The number of hydrogen-bond acceptors (Lipinski definition) is 2. The molecular weight excluding hydrogens is 457 g/mol. The first-order chi connectivity index (χ1) is 14.2. The minimum atomic E-state index is 0.194. The van der Waals surface area contributed by atoms with Crippen molar-refractivity contribution in [3.05, 3.63) is 81.2 Å². The van der Waals surface area contributed by atoms with Gasteiger partial charge in [-0.25, -0.2) is 0 Å². The molecule has 1 aromatic heterocycles. The predicted molar refractivity (Wildman–Crippen MR) is 127 cm³/mol. The Morgan fingerprint density at radius 3 is 1.27 bits per heavy atom. The van der Waals surface area contributed by atoms with Gasteiger partial charge in [-0.1, -0.05) is 47.5 Å². The fourth-order valence-corrected chi connectivity index (χ4v) is 3.55. The van der Waals surface area contributed by atoms with Crippen molar-refractivity contribution < 1.29 is 13.1 Å². The van der Waals surface area contributed by atoms with Crippen LogP contribution in [0.5, 0.6) is 0 Å². The number of halogens is 2. The van der Waals surface area contributed by atoms with Gasteiger partial charge in [0, 0.05) is 12.4 Å². The Bertz CT molecular complexity index is 940. The first kappa shape index (κ1) is 24.4. The van der Waals surface area contributed by atoms with Crippen LogP contribution in [0.15, 0.2) is 46.4 Å². The molecule has 0 amide bonds. The molecule has 0 aliphatic heterocycles. The van der Waals surface area contributed by atoms with Crippen LogP contribution < -0.4 is 4.98 Å². The van der Waals surface area contributed by atoms with E-state index in [1.54, 1.807) is 0 Å². The third-order valence-electron chi connectivity index (χ3n) is 4.61. The van der Waals surface area contributed by atoms with Crippen molar-refractivity contribution in [1.29, 1.82) is 0 Å². The van der Waals surface area contributed by atoms with Gasteiger partial charge in [0.1, 0.15) is 0 Å². The molecule has 0 N–H and O–H groups in total. The molecule has 0 saturated carbocycles. The molecule has 3 rings (SSSR count). The van der Waals surface area contributed by atoms with Gasteiger partial charge < -0.3 is 4.98 Å². The molecule has 0 bridgehead atoms. The van der Waals surface area contributed by atoms with Crippen LogP contribution in [0.3, 0.4) is 0 Å². The summed E-state index contributed by atoms with van der Waals surface area (Å²) in [6.45, 7) is 12.6. The molecule has 0 unspecified atom stereocenters. The molecule has 0 aliphatic rings. The fraction of sp³-hybridized carbons (Fsp3) is 0.250. The van der Waals surface area contributed by atoms with Crippen molar-refractivity contribution in [3.63, 3.8) is 0 Å². The van der Waals surface area contributed by atoms with Crippen molar-refractivity contribution in [2.45, 2.75) is 41.5 Å². The summed E-state index contributed by atoms with van der Waals surface area (Å²) in [5, 5.41) is 0. The summed E-state index contributed by atoms with van der Waals surface area (Å²) >= 11 is 0.194. The summed E-state index contributed by atoms with van der Waals surface area (Å²) in [7, 11) is 9.53. The van der Waals surface area contributed by atoms with Crippen molar-refractivity contribution in [3.8, 4) is 0 Å². The van der Waals surface area contributed by atoms with E-state index in [0.717, 1.165) is 22.8 Å². The number of aliphatic imine (C=N–C) groups is 2. The minimum absolute atomic E-state index is 0.194. The molecule has 2 aromatic carbocycles. The second kappa shape index (κ2) is 11.5. The van der Waals surface area contributed by atoms with E-state index >= 15 is 0 Å². The summed E-state index contributed by atoms with van der Waals surface area (Å²) in [5.41, 5.74) is 11.0. The maximum absolute atomic E-state index is 4.76. The van der Waals surface area contributed by atoms with Gasteiger partial charge in [-0.15, -0.1) is 11.4 Å². The van der Waals surface area contributed by atoms with E-state index < -0.39 is 0 Å². The zero-order valence-corrected chi connectivity index (χ0v) is 20.7. The molecule has 0 spiro atoms. The van der Waals surface area contributed by atoms with E-state index in [9.17, 15) is 0 Å². The van der Waals surface area contributed by atoms with Gasteiger partial charge in [-0.2, -0.15) is 0 Å². The van der Waals surface area contributed by atoms with Crippen LogP contribution in [-0.4, -0.2) is 12.4 Å². The van der Waals surface area contributed by atoms with Crippen LogP contribution in [0.25, 0.3) is 0 Å². The molecule has 0 fully saturated rings. The normalized spacial score (nSPS) is 11.2. The van der Waals surface area contributed by atoms with Crippen LogP contribution in [0, 0.1) is 41.5 Å². The zero-order chi connectivity index (χ0) is 22.3. The van der Waals surface area contributed by atoms with E-state index in [-0.39, 0.29) is 13.1 Å². The van der Waals surface area contributed by atoms with Crippen molar-refractivity contribution in [2.24, 2.45) is 9.98 Å². The molecule has 1 heterocycles. The van der Waals surface area contributed by atoms with Gasteiger partial charge in [0.05, 0.1) is 11.4 Å². The van der Waals surface area contributed by atoms with Crippen LogP contribution >= 0.6 is 20.2 Å². The first-order valence-corrected chi connectivity index (χ1v) is 12.5.